The second-order valence-corrected chi connectivity index (χ2v) is 13.0. The van der Waals surface area contributed by atoms with Crippen LogP contribution in [0.1, 0.15) is 86.0 Å². The van der Waals surface area contributed by atoms with Crippen LogP contribution in [0, 0.1) is 17.3 Å². The maximum atomic E-state index is 13.9. The van der Waals surface area contributed by atoms with E-state index in [4.69, 9.17) is 4.74 Å². The van der Waals surface area contributed by atoms with Gasteiger partial charge in [0.2, 0.25) is 17.6 Å². The molecule has 0 aromatic carbocycles. The fourth-order valence-electron chi connectivity index (χ4n) is 6.11. The lowest BCUT2D eigenvalue weighted by Crippen LogP contribution is -2.58. The average molecular weight is 575 g/mol. The molecule has 0 spiro atoms. The molecule has 1 saturated carbocycles. The summed E-state index contributed by atoms with van der Waals surface area (Å²) in [5.74, 6) is -2.59. The van der Waals surface area contributed by atoms with Crippen molar-refractivity contribution in [1.82, 2.24) is 20.9 Å². The Hall–Kier alpha value is -3.24. The number of rotatable bonds is 5. The molecule has 3 aliphatic rings. The van der Waals surface area contributed by atoms with Crippen LogP contribution in [-0.2, 0) is 28.7 Å². The summed E-state index contributed by atoms with van der Waals surface area (Å²) in [5, 5.41) is 7.92. The summed E-state index contributed by atoms with van der Waals surface area (Å²) in [4.78, 5) is 80.0. The number of carbonyl (C=O) groups is 6. The molecule has 1 unspecified atom stereocenters. The number of amides is 4. The first-order valence-electron chi connectivity index (χ1n) is 14.7. The van der Waals surface area contributed by atoms with Crippen LogP contribution in [0.15, 0.2) is 12.7 Å². The smallest absolute Gasteiger partial charge is 0.408 e. The van der Waals surface area contributed by atoms with E-state index in [1.165, 1.54) is 11.0 Å². The number of ether oxygens (including phenoxy) is 1. The molecule has 3 fully saturated rings. The molecular formula is C30H46N4O7. The first-order chi connectivity index (χ1) is 19.2. The highest BCUT2D eigenvalue weighted by atomic mass is 16.6. The van der Waals surface area contributed by atoms with Crippen molar-refractivity contribution in [2.75, 3.05) is 13.1 Å². The fourth-order valence-corrected chi connectivity index (χ4v) is 6.11. The van der Waals surface area contributed by atoms with Crippen LogP contribution >= 0.6 is 0 Å². The zero-order valence-corrected chi connectivity index (χ0v) is 25.0. The number of piperidine rings is 1. The predicted octanol–water partition coefficient (Wildman–Crippen LogP) is 2.42. The van der Waals surface area contributed by atoms with Gasteiger partial charge in [0.15, 0.2) is 0 Å². The monoisotopic (exact) mass is 574 g/mol. The van der Waals surface area contributed by atoms with E-state index in [1.807, 2.05) is 13.8 Å². The molecule has 2 aliphatic heterocycles. The van der Waals surface area contributed by atoms with E-state index in [1.54, 1.807) is 20.8 Å². The van der Waals surface area contributed by atoms with Gasteiger partial charge in [-0.1, -0.05) is 39.2 Å². The molecule has 3 N–H and O–H groups in total. The van der Waals surface area contributed by atoms with Gasteiger partial charge in [-0.3, -0.25) is 24.0 Å². The minimum absolute atomic E-state index is 0.00692. The Balaban J connectivity index is 1.90. The Morgan fingerprint density at radius 3 is 2.41 bits per heavy atom. The zero-order valence-electron chi connectivity index (χ0n) is 25.0. The molecule has 0 aromatic heterocycles. The van der Waals surface area contributed by atoms with Gasteiger partial charge in [0.25, 0.3) is 5.91 Å². The third-order valence-electron chi connectivity index (χ3n) is 8.42. The first kappa shape index (κ1) is 32.3. The van der Waals surface area contributed by atoms with Gasteiger partial charge in [0, 0.05) is 25.9 Å². The number of nitrogens with zero attached hydrogens (tertiary/aromatic N) is 1. The van der Waals surface area contributed by atoms with Crippen LogP contribution in [0.5, 0.6) is 0 Å². The minimum atomic E-state index is -1.06. The third-order valence-corrected chi connectivity index (χ3v) is 8.42. The zero-order chi connectivity index (χ0) is 30.5. The summed E-state index contributed by atoms with van der Waals surface area (Å²) in [6, 6.07) is -2.98. The highest BCUT2D eigenvalue weighted by Crippen LogP contribution is 2.65. The SMILES string of the molecule is C=CCNC(=O)C(=O)[C@@H]1CCCCCCC(=O)CC[C@H](NC(=O)OC(C)(C)C)C(=O)N2C[C@H]3C([C@H]2C(=O)N1)C3(C)C. The molecule has 2 saturated heterocycles. The van der Waals surface area contributed by atoms with E-state index in [0.29, 0.717) is 25.8 Å². The normalized spacial score (nSPS) is 29.0. The van der Waals surface area contributed by atoms with Crippen molar-refractivity contribution in [2.45, 2.75) is 110 Å². The molecule has 11 heteroatoms. The molecule has 1 aliphatic carbocycles. The number of ketones is 2. The summed E-state index contributed by atoms with van der Waals surface area (Å²) in [6.45, 7) is 13.2. The van der Waals surface area contributed by atoms with E-state index in [2.05, 4.69) is 22.5 Å². The Bertz CT molecular complexity index is 1060. The molecule has 3 rings (SSSR count). The Kier molecular flexibility index (Phi) is 10.4. The van der Waals surface area contributed by atoms with Crippen LogP contribution in [0.4, 0.5) is 4.79 Å². The molecule has 0 bridgehead atoms. The van der Waals surface area contributed by atoms with Crippen molar-refractivity contribution >= 4 is 35.4 Å². The number of Topliss-reactive ketones (excluding diaryl/α,β-unsaturated/α-hetero) is 2. The van der Waals surface area contributed by atoms with E-state index in [0.717, 1.165) is 12.8 Å². The lowest BCUT2D eigenvalue weighted by molar-refractivity contribution is -0.144. The molecule has 11 nitrogen and oxygen atoms in total. The summed E-state index contributed by atoms with van der Waals surface area (Å²) in [5.41, 5.74) is -0.979. The summed E-state index contributed by atoms with van der Waals surface area (Å²) in [6.07, 6.45) is 4.22. The average Bonchev–Trinajstić information content (AvgIpc) is 3.21. The molecule has 228 valence electrons. The number of carbonyl (C=O) groups excluding carboxylic acids is 6. The van der Waals surface area contributed by atoms with Crippen molar-refractivity contribution in [3.8, 4) is 0 Å². The van der Waals surface area contributed by atoms with Gasteiger partial charge in [-0.05, 0) is 57.3 Å². The number of hydrogen-bond acceptors (Lipinski definition) is 7. The Morgan fingerprint density at radius 2 is 1.76 bits per heavy atom. The van der Waals surface area contributed by atoms with Crippen LogP contribution in [0.3, 0.4) is 0 Å². The largest absolute Gasteiger partial charge is 0.444 e. The lowest BCUT2D eigenvalue weighted by Gasteiger charge is -2.34. The van der Waals surface area contributed by atoms with E-state index >= 15 is 0 Å². The predicted molar refractivity (Wildman–Crippen MR) is 152 cm³/mol. The number of fused-ring (bicyclic) bond motifs is 3. The second-order valence-electron chi connectivity index (χ2n) is 13.0. The van der Waals surface area contributed by atoms with E-state index in [9.17, 15) is 28.8 Å². The Labute approximate surface area is 242 Å². The maximum Gasteiger partial charge on any atom is 0.408 e. The van der Waals surface area contributed by atoms with Crippen LogP contribution < -0.4 is 16.0 Å². The van der Waals surface area contributed by atoms with Crippen molar-refractivity contribution in [1.29, 1.82) is 0 Å². The summed E-state index contributed by atoms with van der Waals surface area (Å²) < 4.78 is 5.37. The van der Waals surface area contributed by atoms with E-state index in [-0.39, 0.29) is 48.8 Å². The van der Waals surface area contributed by atoms with Crippen LogP contribution in [0.2, 0.25) is 0 Å². The molecular weight excluding hydrogens is 528 g/mol. The molecule has 4 amide bonds. The first-order valence-corrected chi connectivity index (χ1v) is 14.7. The molecule has 5 atom stereocenters. The van der Waals surface area contributed by atoms with Crippen molar-refractivity contribution in [2.24, 2.45) is 17.3 Å². The number of nitrogens with one attached hydrogen (secondary N) is 3. The van der Waals surface area contributed by atoms with Crippen LogP contribution in [0.25, 0.3) is 0 Å². The second kappa shape index (κ2) is 13.2. The topological polar surface area (TPSA) is 151 Å². The van der Waals surface area contributed by atoms with Gasteiger partial charge < -0.3 is 25.6 Å². The van der Waals surface area contributed by atoms with Crippen molar-refractivity contribution in [3.63, 3.8) is 0 Å². The Morgan fingerprint density at radius 1 is 1.07 bits per heavy atom. The van der Waals surface area contributed by atoms with Gasteiger partial charge in [0.05, 0.1) is 6.04 Å². The van der Waals surface area contributed by atoms with Gasteiger partial charge in [-0.15, -0.1) is 6.58 Å². The summed E-state index contributed by atoms with van der Waals surface area (Å²) >= 11 is 0. The van der Waals surface area contributed by atoms with Crippen molar-refractivity contribution < 1.29 is 33.5 Å². The van der Waals surface area contributed by atoms with Gasteiger partial charge in [0.1, 0.15) is 23.5 Å². The maximum absolute atomic E-state index is 13.9. The van der Waals surface area contributed by atoms with Gasteiger partial charge >= 0.3 is 6.09 Å². The molecule has 0 radical (unpaired) electrons. The van der Waals surface area contributed by atoms with Gasteiger partial charge in [-0.2, -0.15) is 0 Å². The summed E-state index contributed by atoms with van der Waals surface area (Å²) in [7, 11) is 0. The van der Waals surface area contributed by atoms with Gasteiger partial charge in [-0.25, -0.2) is 4.79 Å². The van der Waals surface area contributed by atoms with E-state index < -0.39 is 53.3 Å². The fraction of sp³-hybridized carbons (Fsp3) is 0.733. The van der Waals surface area contributed by atoms with Crippen molar-refractivity contribution in [3.05, 3.63) is 12.7 Å². The lowest BCUT2D eigenvalue weighted by atomic mass is 9.96. The highest BCUT2D eigenvalue weighted by Gasteiger charge is 2.69. The number of alkyl carbamates (subject to hydrolysis) is 1. The molecule has 2 heterocycles. The minimum Gasteiger partial charge on any atom is -0.444 e. The van der Waals surface area contributed by atoms with Crippen LogP contribution in [-0.4, -0.2) is 77.1 Å². The standard InChI is InChI=1S/C30H46N4O7/c1-7-16-31-26(38)24(36)20-13-11-9-8-10-12-18(35)14-15-21(33-28(40)41-29(2,3)4)27(39)34-17-19-22(30(19,5)6)23(34)25(37)32-20/h7,19-23H,1,8-17H2,2-6H3,(H,31,38)(H,32,37)(H,33,40)/t19-,20-,21-,22?,23-/m0/s1. The number of hydrogen-bond donors (Lipinski definition) is 3. The molecule has 0 aromatic rings. The highest BCUT2D eigenvalue weighted by molar-refractivity contribution is 6.38. The quantitative estimate of drug-likeness (QED) is 0.337. The third kappa shape index (κ3) is 8.16. The molecule has 41 heavy (non-hydrogen) atoms.